The molecule has 0 fully saturated rings. The van der Waals surface area contributed by atoms with Gasteiger partial charge in [-0.15, -0.1) is 0 Å². The molecule has 0 saturated carbocycles. The zero-order chi connectivity index (χ0) is 20.7. The highest BCUT2D eigenvalue weighted by atomic mass is 16.5. The summed E-state index contributed by atoms with van der Waals surface area (Å²) in [6.07, 6.45) is 2.62. The lowest BCUT2D eigenvalue weighted by Gasteiger charge is -2.35. The molecule has 1 N–H and O–H groups in total. The van der Waals surface area contributed by atoms with Gasteiger partial charge in [0.15, 0.2) is 0 Å². The van der Waals surface area contributed by atoms with Crippen molar-refractivity contribution in [2.45, 2.75) is 46.1 Å². The number of allylic oxidation sites excluding steroid dienone is 1. The van der Waals surface area contributed by atoms with Crippen molar-refractivity contribution in [3.63, 3.8) is 0 Å². The topological polar surface area (TPSA) is 44.8 Å². The van der Waals surface area contributed by atoms with E-state index in [0.29, 0.717) is 12.5 Å². The van der Waals surface area contributed by atoms with E-state index in [1.807, 2.05) is 31.2 Å². The number of carbonyl (C=O) groups is 1. The number of hydrogen-bond acceptors (Lipinski definition) is 4. The number of methoxy groups -OCH3 is 1. The molecule has 1 aromatic carbocycles. The van der Waals surface area contributed by atoms with Crippen molar-refractivity contribution < 1.29 is 9.53 Å². The summed E-state index contributed by atoms with van der Waals surface area (Å²) < 4.78 is 5.93. The van der Waals surface area contributed by atoms with Crippen molar-refractivity contribution in [2.24, 2.45) is 5.92 Å². The van der Waals surface area contributed by atoms with Crippen LogP contribution in [0, 0.1) is 12.8 Å². The summed E-state index contributed by atoms with van der Waals surface area (Å²) in [5, 5.41) is 3.61. The first-order valence-electron chi connectivity index (χ1n) is 10.3. The summed E-state index contributed by atoms with van der Waals surface area (Å²) in [6, 6.07) is 8.05. The van der Waals surface area contributed by atoms with Crippen LogP contribution >= 0.6 is 0 Å². The number of rotatable bonds is 11. The largest absolute Gasteiger partial charge is 0.377 e. The van der Waals surface area contributed by atoms with Crippen LogP contribution in [-0.4, -0.2) is 57.2 Å². The van der Waals surface area contributed by atoms with Crippen LogP contribution in [0.5, 0.6) is 0 Å². The van der Waals surface area contributed by atoms with E-state index in [1.165, 1.54) is 16.8 Å². The Morgan fingerprint density at radius 3 is 2.46 bits per heavy atom. The van der Waals surface area contributed by atoms with E-state index in [-0.39, 0.29) is 5.60 Å². The maximum Gasteiger partial charge on any atom is 0.214 e. The smallest absolute Gasteiger partial charge is 0.214 e. The third kappa shape index (κ3) is 5.36. The zero-order valence-electron chi connectivity index (χ0n) is 18.4. The lowest BCUT2D eigenvalue weighted by atomic mass is 9.94. The summed E-state index contributed by atoms with van der Waals surface area (Å²) in [5.74, 6) is 0.572. The second-order valence-corrected chi connectivity index (χ2v) is 8.11. The van der Waals surface area contributed by atoms with Crippen molar-refractivity contribution in [2.75, 3.05) is 45.2 Å². The average molecular weight is 388 g/mol. The molecular weight excluding hydrogens is 350 g/mol. The van der Waals surface area contributed by atoms with Gasteiger partial charge in [-0.05, 0) is 57.9 Å². The van der Waals surface area contributed by atoms with Crippen LogP contribution in [0.2, 0.25) is 0 Å². The van der Waals surface area contributed by atoms with Crippen LogP contribution in [0.4, 0.5) is 5.69 Å². The Bertz CT molecular complexity index is 665. The number of nitrogens with one attached hydrogen (secondary N) is 1. The van der Waals surface area contributed by atoms with E-state index in [4.69, 9.17) is 4.74 Å². The van der Waals surface area contributed by atoms with Crippen molar-refractivity contribution in [1.82, 2.24) is 10.2 Å². The number of hydrogen-bond donors (Lipinski definition) is 1. The highest BCUT2D eigenvalue weighted by Crippen LogP contribution is 2.26. The maximum atomic E-state index is 11.7. The number of nitrogens with zero attached hydrogens (tertiary/aromatic N) is 2. The Labute approximate surface area is 170 Å². The van der Waals surface area contributed by atoms with Gasteiger partial charge in [-0.25, -0.2) is 0 Å². The van der Waals surface area contributed by atoms with Gasteiger partial charge >= 0.3 is 0 Å². The SMILES string of the molecule is CCC(CCNCC1CN(C)C(C)=C1C)(CN(C=O)c1ccc(C)cc1)OC. The van der Waals surface area contributed by atoms with E-state index >= 15 is 0 Å². The van der Waals surface area contributed by atoms with Crippen LogP contribution in [0.1, 0.15) is 39.2 Å². The molecule has 5 nitrogen and oxygen atoms in total. The highest BCUT2D eigenvalue weighted by Gasteiger charge is 2.31. The quantitative estimate of drug-likeness (QED) is 0.466. The first-order chi connectivity index (χ1) is 13.4. The Morgan fingerprint density at radius 1 is 1.29 bits per heavy atom. The molecule has 1 aromatic rings. The number of ether oxygens (including phenoxy) is 1. The zero-order valence-corrected chi connectivity index (χ0v) is 18.4. The highest BCUT2D eigenvalue weighted by molar-refractivity contribution is 5.75. The summed E-state index contributed by atoms with van der Waals surface area (Å²) >= 11 is 0. The third-order valence-electron chi connectivity index (χ3n) is 6.43. The normalized spacial score (nSPS) is 19.1. The molecule has 2 atom stereocenters. The van der Waals surface area contributed by atoms with E-state index in [0.717, 1.165) is 44.6 Å². The minimum atomic E-state index is -0.355. The van der Waals surface area contributed by atoms with E-state index in [1.54, 1.807) is 12.0 Å². The van der Waals surface area contributed by atoms with E-state index < -0.39 is 0 Å². The van der Waals surface area contributed by atoms with Gasteiger partial charge in [0.05, 0.1) is 12.1 Å². The molecule has 0 bridgehead atoms. The molecule has 0 spiro atoms. The molecular formula is C23H37N3O2. The van der Waals surface area contributed by atoms with Crippen molar-refractivity contribution in [3.8, 4) is 0 Å². The third-order valence-corrected chi connectivity index (χ3v) is 6.43. The monoisotopic (exact) mass is 387 g/mol. The average Bonchev–Trinajstić information content (AvgIpc) is 2.95. The molecule has 0 radical (unpaired) electrons. The summed E-state index contributed by atoms with van der Waals surface area (Å²) in [4.78, 5) is 15.8. The van der Waals surface area contributed by atoms with Gasteiger partial charge in [-0.1, -0.05) is 24.6 Å². The predicted molar refractivity (Wildman–Crippen MR) is 117 cm³/mol. The van der Waals surface area contributed by atoms with Crippen LogP contribution < -0.4 is 10.2 Å². The van der Waals surface area contributed by atoms with Gasteiger partial charge in [-0.2, -0.15) is 0 Å². The summed E-state index contributed by atoms with van der Waals surface area (Å²) in [5.41, 5.74) is 4.62. The molecule has 5 heteroatoms. The van der Waals surface area contributed by atoms with E-state index in [9.17, 15) is 4.79 Å². The first-order valence-corrected chi connectivity index (χ1v) is 10.3. The van der Waals surface area contributed by atoms with Gasteiger partial charge in [0, 0.05) is 44.5 Å². The molecule has 1 aliphatic heterocycles. The second kappa shape index (κ2) is 10.1. The van der Waals surface area contributed by atoms with Gasteiger partial charge in [0.1, 0.15) is 0 Å². The predicted octanol–water partition coefficient (Wildman–Crippen LogP) is 3.59. The number of anilines is 1. The molecule has 1 aliphatic rings. The molecule has 2 rings (SSSR count). The van der Waals surface area contributed by atoms with Gasteiger partial charge in [0.25, 0.3) is 0 Å². The fourth-order valence-electron chi connectivity index (χ4n) is 3.93. The Hall–Kier alpha value is -1.85. The van der Waals surface area contributed by atoms with Crippen LogP contribution in [0.3, 0.4) is 0 Å². The van der Waals surface area contributed by atoms with Crippen LogP contribution in [0.15, 0.2) is 35.5 Å². The first kappa shape index (κ1) is 22.4. The Balaban J connectivity index is 1.93. The molecule has 0 aliphatic carbocycles. The van der Waals surface area contributed by atoms with Gasteiger partial charge in [-0.3, -0.25) is 4.79 Å². The molecule has 156 valence electrons. The number of benzene rings is 1. The lowest BCUT2D eigenvalue weighted by Crippen LogP contribution is -2.46. The van der Waals surface area contributed by atoms with Crippen LogP contribution in [0.25, 0.3) is 0 Å². The number of carbonyl (C=O) groups excluding carboxylic acids is 1. The van der Waals surface area contributed by atoms with Crippen LogP contribution in [-0.2, 0) is 9.53 Å². The summed E-state index contributed by atoms with van der Waals surface area (Å²) in [6.45, 7) is 12.1. The fraction of sp³-hybridized carbons (Fsp3) is 0.609. The van der Waals surface area contributed by atoms with E-state index in [2.05, 4.69) is 38.0 Å². The molecule has 28 heavy (non-hydrogen) atoms. The molecule has 2 unspecified atom stereocenters. The van der Waals surface area contributed by atoms with Gasteiger partial charge in [0.2, 0.25) is 6.41 Å². The summed E-state index contributed by atoms with van der Waals surface area (Å²) in [7, 11) is 3.91. The standard InChI is InChI=1S/C23H37N3O2/c1-7-23(28-6,16-26(17-27)22-10-8-18(2)9-11-22)12-13-24-14-21-15-25(5)20(4)19(21)3/h8-11,17,21,24H,7,12-16H2,1-6H3. The Kier molecular flexibility index (Phi) is 8.08. The lowest BCUT2D eigenvalue weighted by molar-refractivity contribution is -0.108. The van der Waals surface area contributed by atoms with Crippen molar-refractivity contribution in [3.05, 3.63) is 41.1 Å². The minimum absolute atomic E-state index is 0.355. The minimum Gasteiger partial charge on any atom is -0.377 e. The van der Waals surface area contributed by atoms with Gasteiger partial charge < -0.3 is 19.9 Å². The fourth-order valence-corrected chi connectivity index (χ4v) is 3.93. The molecule has 1 amide bonds. The molecule has 0 saturated heterocycles. The Morgan fingerprint density at radius 2 is 1.96 bits per heavy atom. The number of aryl methyl sites for hydroxylation is 1. The second-order valence-electron chi connectivity index (χ2n) is 8.11. The molecule has 1 heterocycles. The van der Waals surface area contributed by atoms with Crippen molar-refractivity contribution >= 4 is 12.1 Å². The molecule has 0 aromatic heterocycles. The number of amides is 1. The van der Waals surface area contributed by atoms with Crippen molar-refractivity contribution in [1.29, 1.82) is 0 Å². The maximum absolute atomic E-state index is 11.7.